The quantitative estimate of drug-likeness (QED) is 0.796. The van der Waals surface area contributed by atoms with E-state index in [9.17, 15) is 4.79 Å². The van der Waals surface area contributed by atoms with Crippen molar-refractivity contribution >= 4 is 24.0 Å². The monoisotopic (exact) mass is 217 g/mol. The van der Waals surface area contributed by atoms with Crippen molar-refractivity contribution in [1.82, 2.24) is 4.98 Å². The molecule has 0 spiro atoms. The number of pyridine rings is 1. The highest BCUT2D eigenvalue weighted by molar-refractivity contribution is 5.82. The summed E-state index contributed by atoms with van der Waals surface area (Å²) in [5, 5.41) is 2.85. The van der Waals surface area contributed by atoms with Crippen molar-refractivity contribution in [3.63, 3.8) is 0 Å². The van der Waals surface area contributed by atoms with E-state index in [-0.39, 0.29) is 0 Å². The predicted molar refractivity (Wildman–Crippen MR) is 60.7 cm³/mol. The number of carbonyl (C=O) groups excluding carboxylic acids is 1. The maximum absolute atomic E-state index is 11.0. The summed E-state index contributed by atoms with van der Waals surface area (Å²) in [5.41, 5.74) is 0. The second kappa shape index (κ2) is 4.48. The molecule has 0 fully saturated rings. The largest absolute Gasteiger partial charge is 0.424 e. The number of anilines is 3. The first-order valence-electron chi connectivity index (χ1n) is 4.78. The Morgan fingerprint density at radius 1 is 1.38 bits per heavy atom. The molecule has 2 heterocycles. The van der Waals surface area contributed by atoms with E-state index in [2.05, 4.69) is 10.3 Å². The van der Waals surface area contributed by atoms with E-state index in [1.165, 1.54) is 4.90 Å². The number of nitrogens with zero attached hydrogens (tertiary/aromatic N) is 2. The third kappa shape index (κ3) is 1.88. The molecular weight excluding hydrogens is 206 g/mol. The van der Waals surface area contributed by atoms with Crippen LogP contribution in [0.4, 0.5) is 17.6 Å². The van der Waals surface area contributed by atoms with E-state index in [4.69, 9.17) is 4.42 Å². The maximum Gasteiger partial charge on any atom is 0.222 e. The highest BCUT2D eigenvalue weighted by Crippen LogP contribution is 2.25. The minimum Gasteiger partial charge on any atom is -0.424 e. The molecule has 1 N–H and O–H groups in total. The van der Waals surface area contributed by atoms with Crippen molar-refractivity contribution in [3.05, 3.63) is 36.5 Å². The zero-order chi connectivity index (χ0) is 11.4. The topological polar surface area (TPSA) is 58.4 Å². The molecule has 5 nitrogen and oxygen atoms in total. The molecule has 0 unspecified atom stereocenters. The smallest absolute Gasteiger partial charge is 0.222 e. The van der Waals surface area contributed by atoms with Crippen LogP contribution in [0.5, 0.6) is 0 Å². The van der Waals surface area contributed by atoms with Crippen molar-refractivity contribution in [1.29, 1.82) is 0 Å². The molecule has 2 aromatic rings. The van der Waals surface area contributed by atoms with Gasteiger partial charge in [0.05, 0.1) is 0 Å². The maximum atomic E-state index is 11.0. The van der Waals surface area contributed by atoms with Gasteiger partial charge >= 0.3 is 0 Å². The number of amides is 1. The Labute approximate surface area is 92.7 Å². The number of furan rings is 1. The number of carbonyl (C=O) groups is 1. The highest BCUT2D eigenvalue weighted by Gasteiger charge is 2.12. The van der Waals surface area contributed by atoms with Crippen LogP contribution in [0.25, 0.3) is 0 Å². The summed E-state index contributed by atoms with van der Waals surface area (Å²) in [4.78, 5) is 16.4. The van der Waals surface area contributed by atoms with E-state index in [1.807, 2.05) is 0 Å². The summed E-state index contributed by atoms with van der Waals surface area (Å²) in [6.45, 7) is 0. The van der Waals surface area contributed by atoms with Gasteiger partial charge in [-0.05, 0) is 12.1 Å². The molecule has 2 aromatic heterocycles. The SMILES string of the molecule is CNc1ccc(N(C=O)c2ccccn2)o1. The van der Waals surface area contributed by atoms with E-state index < -0.39 is 0 Å². The minimum absolute atomic E-state index is 0.429. The number of nitrogens with one attached hydrogen (secondary N) is 1. The van der Waals surface area contributed by atoms with Crippen LogP contribution in [0.3, 0.4) is 0 Å². The number of hydrogen-bond donors (Lipinski definition) is 1. The van der Waals surface area contributed by atoms with Gasteiger partial charge in [0.1, 0.15) is 5.82 Å². The molecule has 0 aromatic carbocycles. The Morgan fingerprint density at radius 3 is 2.81 bits per heavy atom. The van der Waals surface area contributed by atoms with Gasteiger partial charge in [-0.25, -0.2) is 9.88 Å². The normalized spacial score (nSPS) is 9.81. The molecule has 5 heteroatoms. The number of aromatic nitrogens is 1. The zero-order valence-electron chi connectivity index (χ0n) is 8.75. The van der Waals surface area contributed by atoms with Gasteiger partial charge in [-0.3, -0.25) is 4.79 Å². The van der Waals surface area contributed by atoms with Crippen molar-refractivity contribution in [2.75, 3.05) is 17.3 Å². The summed E-state index contributed by atoms with van der Waals surface area (Å²) in [6.07, 6.45) is 2.29. The molecular formula is C11H11N3O2. The average molecular weight is 217 g/mol. The van der Waals surface area contributed by atoms with Crippen LogP contribution in [-0.2, 0) is 4.79 Å². The summed E-state index contributed by atoms with van der Waals surface area (Å²) < 4.78 is 5.38. The van der Waals surface area contributed by atoms with E-state index >= 15 is 0 Å². The second-order valence-electron chi connectivity index (χ2n) is 3.05. The lowest BCUT2D eigenvalue weighted by Crippen LogP contribution is -2.14. The van der Waals surface area contributed by atoms with Gasteiger partial charge in [-0.2, -0.15) is 0 Å². The molecule has 0 bridgehead atoms. The fourth-order valence-electron chi connectivity index (χ4n) is 1.31. The fourth-order valence-corrected chi connectivity index (χ4v) is 1.31. The molecule has 0 radical (unpaired) electrons. The van der Waals surface area contributed by atoms with Crippen LogP contribution in [0.15, 0.2) is 40.9 Å². The third-order valence-corrected chi connectivity index (χ3v) is 2.08. The summed E-state index contributed by atoms with van der Waals surface area (Å²) in [6, 6.07) is 8.77. The molecule has 0 atom stereocenters. The predicted octanol–water partition coefficient (Wildman–Crippen LogP) is 2.01. The van der Waals surface area contributed by atoms with Crippen LogP contribution in [-0.4, -0.2) is 18.4 Å². The summed E-state index contributed by atoms with van der Waals surface area (Å²) in [5.74, 6) is 1.55. The van der Waals surface area contributed by atoms with Gasteiger partial charge in [0.15, 0.2) is 5.88 Å². The standard InChI is InChI=1S/C11H11N3O2/c1-12-10-5-6-11(16-10)14(8-15)9-4-2-3-7-13-9/h2-8,12H,1H3. The average Bonchev–Trinajstić information content (AvgIpc) is 2.80. The van der Waals surface area contributed by atoms with Crippen LogP contribution < -0.4 is 10.2 Å². The third-order valence-electron chi connectivity index (χ3n) is 2.08. The highest BCUT2D eigenvalue weighted by atomic mass is 16.4. The van der Waals surface area contributed by atoms with Crippen LogP contribution >= 0.6 is 0 Å². The molecule has 16 heavy (non-hydrogen) atoms. The van der Waals surface area contributed by atoms with Gasteiger partial charge < -0.3 is 9.73 Å². The van der Waals surface area contributed by atoms with Gasteiger partial charge in [0.2, 0.25) is 12.3 Å². The van der Waals surface area contributed by atoms with E-state index in [0.717, 1.165) is 0 Å². The summed E-state index contributed by atoms with van der Waals surface area (Å²) >= 11 is 0. The van der Waals surface area contributed by atoms with Crippen LogP contribution in [0, 0.1) is 0 Å². The zero-order valence-corrected chi connectivity index (χ0v) is 8.75. The molecule has 0 saturated carbocycles. The first-order valence-corrected chi connectivity index (χ1v) is 4.78. The summed E-state index contributed by atoms with van der Waals surface area (Å²) in [7, 11) is 1.74. The van der Waals surface area contributed by atoms with Gasteiger partial charge in [-0.1, -0.05) is 6.07 Å². The van der Waals surface area contributed by atoms with Crippen molar-refractivity contribution in [3.8, 4) is 0 Å². The molecule has 82 valence electrons. The Bertz CT molecular complexity index is 467. The van der Waals surface area contributed by atoms with Gasteiger partial charge in [0.25, 0.3) is 0 Å². The number of rotatable bonds is 4. The Balaban J connectivity index is 2.33. The van der Waals surface area contributed by atoms with Gasteiger partial charge in [0, 0.05) is 25.4 Å². The minimum atomic E-state index is 0.429. The van der Waals surface area contributed by atoms with Crippen molar-refractivity contribution in [2.45, 2.75) is 0 Å². The lowest BCUT2D eigenvalue weighted by molar-refractivity contribution is -0.107. The Hall–Kier alpha value is -2.30. The first-order chi connectivity index (χ1) is 7.85. The number of hydrogen-bond acceptors (Lipinski definition) is 4. The lowest BCUT2D eigenvalue weighted by atomic mass is 10.4. The second-order valence-corrected chi connectivity index (χ2v) is 3.05. The molecule has 0 aliphatic heterocycles. The molecule has 0 aliphatic rings. The first kappa shape index (κ1) is 10.2. The van der Waals surface area contributed by atoms with E-state index in [1.54, 1.807) is 43.6 Å². The van der Waals surface area contributed by atoms with Crippen LogP contribution in [0.2, 0.25) is 0 Å². The van der Waals surface area contributed by atoms with Crippen molar-refractivity contribution < 1.29 is 9.21 Å². The lowest BCUT2D eigenvalue weighted by Gasteiger charge is -2.12. The Morgan fingerprint density at radius 2 is 2.25 bits per heavy atom. The molecule has 2 rings (SSSR count). The molecule has 0 aliphatic carbocycles. The Kier molecular flexibility index (Phi) is 2.86. The molecule has 1 amide bonds. The van der Waals surface area contributed by atoms with Crippen LogP contribution in [0.1, 0.15) is 0 Å². The molecule has 0 saturated heterocycles. The van der Waals surface area contributed by atoms with E-state index in [0.29, 0.717) is 24.0 Å². The van der Waals surface area contributed by atoms with Crippen molar-refractivity contribution in [2.24, 2.45) is 0 Å². The van der Waals surface area contributed by atoms with Gasteiger partial charge in [-0.15, -0.1) is 0 Å². The fraction of sp³-hybridized carbons (Fsp3) is 0.0909.